The van der Waals surface area contributed by atoms with Crippen LogP contribution in [-0.4, -0.2) is 30.8 Å². The number of thiophene rings is 1. The number of nitrogens with one attached hydrogen (secondary N) is 2. The van der Waals surface area contributed by atoms with Crippen LogP contribution in [0.2, 0.25) is 0 Å². The molecule has 1 aliphatic rings. The van der Waals surface area contributed by atoms with Gasteiger partial charge >= 0.3 is 0 Å². The van der Waals surface area contributed by atoms with E-state index in [0.29, 0.717) is 6.54 Å². The van der Waals surface area contributed by atoms with Crippen LogP contribution in [0.15, 0.2) is 45.3 Å². The molecule has 2 aromatic rings. The minimum absolute atomic E-state index is 0.194. The lowest BCUT2D eigenvalue weighted by Gasteiger charge is -2.37. The Morgan fingerprint density at radius 1 is 1.19 bits per heavy atom. The van der Waals surface area contributed by atoms with E-state index in [1.807, 2.05) is 12.1 Å². The van der Waals surface area contributed by atoms with Crippen molar-refractivity contribution in [1.29, 1.82) is 0 Å². The van der Waals surface area contributed by atoms with Crippen LogP contribution in [0.4, 0.5) is 0 Å². The molecule has 0 spiro atoms. The second-order valence-corrected chi connectivity index (χ2v) is 8.42. The fraction of sp³-hybridized carbons (Fsp3) is 0.571. The first-order valence-electron chi connectivity index (χ1n) is 9.97. The first-order chi connectivity index (χ1) is 13.3. The summed E-state index contributed by atoms with van der Waals surface area (Å²) in [7, 11) is 0. The monoisotopic (exact) mass is 389 g/mol. The van der Waals surface area contributed by atoms with Gasteiger partial charge in [0.25, 0.3) is 0 Å². The SMILES string of the molecule is OCCC1(CNC(=NCc2cccs2)NCCc2ccco2)CCCCC1. The Labute approximate surface area is 165 Å². The molecule has 3 rings (SSSR count). The molecule has 27 heavy (non-hydrogen) atoms. The molecule has 148 valence electrons. The molecule has 0 amide bonds. The molecular weight excluding hydrogens is 358 g/mol. The van der Waals surface area contributed by atoms with Gasteiger partial charge in [-0.3, -0.25) is 0 Å². The maximum Gasteiger partial charge on any atom is 0.191 e. The van der Waals surface area contributed by atoms with E-state index < -0.39 is 0 Å². The summed E-state index contributed by atoms with van der Waals surface area (Å²) in [4.78, 5) is 6.03. The summed E-state index contributed by atoms with van der Waals surface area (Å²) in [5, 5.41) is 18.6. The standard InChI is InChI=1S/C21H31N3O2S/c25-13-11-21(9-2-1-3-10-21)17-24-20(23-16-19-7-5-15-27-19)22-12-8-18-6-4-14-26-18/h4-7,14-15,25H,1-3,8-13,16-17H2,(H2,22,23,24). The van der Waals surface area contributed by atoms with Crippen molar-refractivity contribution in [2.24, 2.45) is 10.4 Å². The summed E-state index contributed by atoms with van der Waals surface area (Å²) in [5.74, 6) is 1.82. The highest BCUT2D eigenvalue weighted by atomic mass is 32.1. The zero-order valence-corrected chi connectivity index (χ0v) is 16.8. The summed E-state index contributed by atoms with van der Waals surface area (Å²) in [6.45, 7) is 2.58. The lowest BCUT2D eigenvalue weighted by Crippen LogP contribution is -2.45. The molecule has 1 fully saturated rings. The molecule has 3 N–H and O–H groups in total. The molecule has 0 aliphatic heterocycles. The Morgan fingerprint density at radius 2 is 2.07 bits per heavy atom. The van der Waals surface area contributed by atoms with Gasteiger partial charge in [-0.05, 0) is 48.3 Å². The van der Waals surface area contributed by atoms with E-state index in [9.17, 15) is 5.11 Å². The topological polar surface area (TPSA) is 69.8 Å². The molecule has 1 saturated carbocycles. The van der Waals surface area contributed by atoms with Gasteiger partial charge in [0, 0.05) is 31.0 Å². The van der Waals surface area contributed by atoms with Gasteiger partial charge in [-0.2, -0.15) is 0 Å². The van der Waals surface area contributed by atoms with Crippen molar-refractivity contribution in [1.82, 2.24) is 10.6 Å². The van der Waals surface area contributed by atoms with Crippen LogP contribution >= 0.6 is 11.3 Å². The molecule has 0 bridgehead atoms. The third kappa shape index (κ3) is 6.40. The smallest absolute Gasteiger partial charge is 0.191 e. The Morgan fingerprint density at radius 3 is 2.78 bits per heavy atom. The van der Waals surface area contributed by atoms with E-state index in [2.05, 4.69) is 28.1 Å². The van der Waals surface area contributed by atoms with E-state index in [1.54, 1.807) is 17.6 Å². The average molecular weight is 390 g/mol. The molecule has 2 heterocycles. The van der Waals surface area contributed by atoms with Crippen molar-refractivity contribution in [2.75, 3.05) is 19.7 Å². The predicted molar refractivity (Wildman–Crippen MR) is 111 cm³/mol. The normalized spacial score (nSPS) is 17.0. The van der Waals surface area contributed by atoms with Gasteiger partial charge < -0.3 is 20.2 Å². The van der Waals surface area contributed by atoms with Crippen LogP contribution in [0.5, 0.6) is 0 Å². The largest absolute Gasteiger partial charge is 0.469 e. The zero-order valence-electron chi connectivity index (χ0n) is 16.0. The van der Waals surface area contributed by atoms with Crippen LogP contribution in [0.1, 0.15) is 49.2 Å². The number of aliphatic imine (C=N–C) groups is 1. The predicted octanol–water partition coefficient (Wildman–Crippen LogP) is 3.95. The molecule has 0 unspecified atom stereocenters. The lowest BCUT2D eigenvalue weighted by molar-refractivity contribution is 0.131. The number of aliphatic hydroxyl groups is 1. The molecule has 0 atom stereocenters. The Kier molecular flexibility index (Phi) is 7.78. The minimum atomic E-state index is 0.194. The second kappa shape index (κ2) is 10.5. The van der Waals surface area contributed by atoms with Crippen LogP contribution in [0.25, 0.3) is 0 Å². The van der Waals surface area contributed by atoms with Gasteiger partial charge in [0.15, 0.2) is 5.96 Å². The number of rotatable bonds is 9. The number of aliphatic hydroxyl groups excluding tert-OH is 1. The Balaban J connectivity index is 1.58. The van der Waals surface area contributed by atoms with E-state index in [-0.39, 0.29) is 12.0 Å². The first-order valence-corrected chi connectivity index (χ1v) is 10.9. The number of furan rings is 1. The van der Waals surface area contributed by atoms with Crippen LogP contribution in [0.3, 0.4) is 0 Å². The molecule has 1 aliphatic carbocycles. The molecule has 6 heteroatoms. The van der Waals surface area contributed by atoms with E-state index in [0.717, 1.165) is 37.7 Å². The molecule has 5 nitrogen and oxygen atoms in total. The molecular formula is C21H31N3O2S. The highest BCUT2D eigenvalue weighted by molar-refractivity contribution is 7.09. The van der Waals surface area contributed by atoms with Crippen molar-refractivity contribution in [3.8, 4) is 0 Å². The van der Waals surface area contributed by atoms with Crippen molar-refractivity contribution < 1.29 is 9.52 Å². The van der Waals surface area contributed by atoms with Crippen molar-refractivity contribution >= 4 is 17.3 Å². The third-order valence-corrected chi connectivity index (χ3v) is 6.27. The summed E-state index contributed by atoms with van der Waals surface area (Å²) in [5.41, 5.74) is 0.194. The van der Waals surface area contributed by atoms with Crippen LogP contribution < -0.4 is 10.6 Å². The number of nitrogens with zero attached hydrogens (tertiary/aromatic N) is 1. The van der Waals surface area contributed by atoms with Crippen LogP contribution in [-0.2, 0) is 13.0 Å². The molecule has 0 saturated heterocycles. The highest BCUT2D eigenvalue weighted by Crippen LogP contribution is 2.38. The van der Waals surface area contributed by atoms with Gasteiger partial charge in [0.1, 0.15) is 5.76 Å². The number of hydrogen-bond acceptors (Lipinski definition) is 4. The van der Waals surface area contributed by atoms with E-state index >= 15 is 0 Å². The quantitative estimate of drug-likeness (QED) is 0.449. The molecule has 0 radical (unpaired) electrons. The Hall–Kier alpha value is -1.79. The van der Waals surface area contributed by atoms with Crippen LogP contribution in [0, 0.1) is 5.41 Å². The van der Waals surface area contributed by atoms with Crippen molar-refractivity contribution in [2.45, 2.75) is 51.5 Å². The molecule has 2 aromatic heterocycles. The summed E-state index contributed by atoms with van der Waals surface area (Å²) in [6.07, 6.45) is 9.61. The number of guanidine groups is 1. The van der Waals surface area contributed by atoms with Gasteiger partial charge in [-0.25, -0.2) is 4.99 Å². The maximum absolute atomic E-state index is 9.54. The number of hydrogen-bond donors (Lipinski definition) is 3. The fourth-order valence-corrected chi connectivity index (χ4v) is 4.45. The summed E-state index contributed by atoms with van der Waals surface area (Å²) < 4.78 is 5.41. The highest BCUT2D eigenvalue weighted by Gasteiger charge is 2.31. The van der Waals surface area contributed by atoms with Gasteiger partial charge in [0.2, 0.25) is 0 Å². The summed E-state index contributed by atoms with van der Waals surface area (Å²) >= 11 is 1.73. The maximum atomic E-state index is 9.54. The van der Waals surface area contributed by atoms with E-state index in [4.69, 9.17) is 9.41 Å². The minimum Gasteiger partial charge on any atom is -0.469 e. The Bertz CT molecular complexity index is 656. The summed E-state index contributed by atoms with van der Waals surface area (Å²) in [6, 6.07) is 8.09. The third-order valence-electron chi connectivity index (χ3n) is 5.40. The zero-order chi connectivity index (χ0) is 18.8. The lowest BCUT2D eigenvalue weighted by atomic mass is 9.72. The van der Waals surface area contributed by atoms with Crippen molar-refractivity contribution in [3.05, 3.63) is 46.5 Å². The van der Waals surface area contributed by atoms with E-state index in [1.165, 1.54) is 37.0 Å². The first kappa shape index (κ1) is 20.0. The average Bonchev–Trinajstić information content (AvgIpc) is 3.38. The second-order valence-electron chi connectivity index (χ2n) is 7.39. The van der Waals surface area contributed by atoms with Gasteiger partial charge in [-0.1, -0.05) is 25.3 Å². The van der Waals surface area contributed by atoms with Gasteiger partial charge in [0.05, 0.1) is 12.8 Å². The van der Waals surface area contributed by atoms with Gasteiger partial charge in [-0.15, -0.1) is 11.3 Å². The van der Waals surface area contributed by atoms with Crippen molar-refractivity contribution in [3.63, 3.8) is 0 Å². The fourth-order valence-electron chi connectivity index (χ4n) is 3.82. The molecule has 0 aromatic carbocycles.